The highest BCUT2D eigenvalue weighted by Crippen LogP contribution is 2.23. The second-order valence-corrected chi connectivity index (χ2v) is 3.89. The number of aromatic hydroxyl groups is 2. The highest BCUT2D eigenvalue weighted by molar-refractivity contribution is 5.71. The fraction of sp³-hybridized carbons (Fsp3) is 0.0667. The molecule has 0 heterocycles. The summed E-state index contributed by atoms with van der Waals surface area (Å²) >= 11 is 0. The predicted molar refractivity (Wildman–Crippen MR) is 71.7 cm³/mol. The summed E-state index contributed by atoms with van der Waals surface area (Å²) in [4.78, 5) is 0. The number of benzene rings is 2. The van der Waals surface area contributed by atoms with Crippen molar-refractivity contribution >= 4 is 12.2 Å². The van der Waals surface area contributed by atoms with Crippen LogP contribution in [0.4, 0.5) is 0 Å². The fourth-order valence-corrected chi connectivity index (χ4v) is 1.64. The molecule has 0 spiro atoms. The molecule has 92 valence electrons. The summed E-state index contributed by atoms with van der Waals surface area (Å²) in [5.74, 6) is 0.987. The molecule has 0 unspecified atom stereocenters. The summed E-state index contributed by atoms with van der Waals surface area (Å²) in [7, 11) is 1.55. The maximum atomic E-state index is 9.51. The number of hydrogen-bond acceptors (Lipinski definition) is 3. The minimum Gasteiger partial charge on any atom is -0.508 e. The lowest BCUT2D eigenvalue weighted by atomic mass is 10.1. The predicted octanol–water partition coefficient (Wildman–Crippen LogP) is 3.28. The summed E-state index contributed by atoms with van der Waals surface area (Å²) in [6.07, 6.45) is 3.70. The van der Waals surface area contributed by atoms with E-state index in [2.05, 4.69) is 0 Å². The summed E-state index contributed by atoms with van der Waals surface area (Å²) in [5, 5.41) is 18.9. The standard InChI is InChI=1S/C15H14O3/c1-18-15-9-12(8-14(17)10-15)6-5-11-3-2-4-13(16)7-11/h2-10,16-17H,1H3. The van der Waals surface area contributed by atoms with Gasteiger partial charge in [-0.15, -0.1) is 0 Å². The van der Waals surface area contributed by atoms with Gasteiger partial charge in [-0.25, -0.2) is 0 Å². The average Bonchev–Trinajstić information content (AvgIpc) is 2.36. The Kier molecular flexibility index (Phi) is 3.53. The second-order valence-electron chi connectivity index (χ2n) is 3.89. The van der Waals surface area contributed by atoms with Crippen LogP contribution in [0, 0.1) is 0 Å². The first-order valence-corrected chi connectivity index (χ1v) is 5.52. The highest BCUT2D eigenvalue weighted by atomic mass is 16.5. The molecule has 0 aliphatic heterocycles. The van der Waals surface area contributed by atoms with Crippen molar-refractivity contribution in [1.82, 2.24) is 0 Å². The molecular weight excluding hydrogens is 228 g/mol. The van der Waals surface area contributed by atoms with E-state index in [1.807, 2.05) is 24.3 Å². The van der Waals surface area contributed by atoms with Gasteiger partial charge in [-0.2, -0.15) is 0 Å². The van der Waals surface area contributed by atoms with Crippen molar-refractivity contribution in [3.05, 3.63) is 53.6 Å². The molecule has 0 amide bonds. The molecule has 0 aliphatic carbocycles. The van der Waals surface area contributed by atoms with Gasteiger partial charge in [-0.05, 0) is 35.4 Å². The van der Waals surface area contributed by atoms with Crippen LogP contribution in [0.5, 0.6) is 17.2 Å². The summed E-state index contributed by atoms with van der Waals surface area (Å²) in [6, 6.07) is 12.0. The molecule has 2 rings (SSSR count). The molecule has 3 heteroatoms. The van der Waals surface area contributed by atoms with Crippen LogP contribution >= 0.6 is 0 Å². The Labute approximate surface area is 106 Å². The average molecular weight is 242 g/mol. The lowest BCUT2D eigenvalue weighted by Gasteiger charge is -2.02. The molecule has 18 heavy (non-hydrogen) atoms. The maximum absolute atomic E-state index is 9.51. The molecule has 0 saturated carbocycles. The monoisotopic (exact) mass is 242 g/mol. The molecule has 0 bridgehead atoms. The van der Waals surface area contributed by atoms with Gasteiger partial charge in [0.1, 0.15) is 17.2 Å². The van der Waals surface area contributed by atoms with E-state index in [-0.39, 0.29) is 11.5 Å². The van der Waals surface area contributed by atoms with Crippen LogP contribution in [0.25, 0.3) is 12.2 Å². The summed E-state index contributed by atoms with van der Waals surface area (Å²) < 4.78 is 5.07. The molecule has 0 aliphatic rings. The van der Waals surface area contributed by atoms with E-state index < -0.39 is 0 Å². The van der Waals surface area contributed by atoms with E-state index in [1.165, 1.54) is 0 Å². The van der Waals surface area contributed by atoms with Crippen molar-refractivity contribution in [1.29, 1.82) is 0 Å². The molecule has 0 fully saturated rings. The van der Waals surface area contributed by atoms with Crippen molar-refractivity contribution in [3.8, 4) is 17.2 Å². The smallest absolute Gasteiger partial charge is 0.123 e. The third-order valence-electron chi connectivity index (χ3n) is 2.49. The molecular formula is C15H14O3. The molecule has 0 saturated heterocycles. The fourth-order valence-electron chi connectivity index (χ4n) is 1.64. The van der Waals surface area contributed by atoms with Gasteiger partial charge in [0.25, 0.3) is 0 Å². The van der Waals surface area contributed by atoms with Gasteiger partial charge in [-0.1, -0.05) is 24.3 Å². The highest BCUT2D eigenvalue weighted by Gasteiger charge is 1.97. The molecule has 0 radical (unpaired) electrons. The number of hydrogen-bond donors (Lipinski definition) is 2. The molecule has 3 nitrogen and oxygen atoms in total. The minimum atomic E-state index is 0.157. The Balaban J connectivity index is 2.25. The van der Waals surface area contributed by atoms with Gasteiger partial charge >= 0.3 is 0 Å². The Morgan fingerprint density at radius 2 is 1.61 bits per heavy atom. The zero-order valence-electron chi connectivity index (χ0n) is 10.00. The lowest BCUT2D eigenvalue weighted by molar-refractivity contribution is 0.407. The SMILES string of the molecule is COc1cc(O)cc(C=Cc2cccc(O)c2)c1. The maximum Gasteiger partial charge on any atom is 0.123 e. The van der Waals surface area contributed by atoms with Gasteiger partial charge in [0.05, 0.1) is 7.11 Å². The molecule has 2 N–H and O–H groups in total. The minimum absolute atomic E-state index is 0.157. The van der Waals surface area contributed by atoms with E-state index in [0.717, 1.165) is 11.1 Å². The van der Waals surface area contributed by atoms with Crippen LogP contribution in [0.1, 0.15) is 11.1 Å². The first-order valence-electron chi connectivity index (χ1n) is 5.52. The largest absolute Gasteiger partial charge is 0.508 e. The first-order chi connectivity index (χ1) is 8.67. The van der Waals surface area contributed by atoms with E-state index in [4.69, 9.17) is 4.74 Å². The number of phenolic OH excluding ortho intramolecular Hbond substituents is 2. The quantitative estimate of drug-likeness (QED) is 0.812. The van der Waals surface area contributed by atoms with Crippen LogP contribution in [0.3, 0.4) is 0 Å². The van der Waals surface area contributed by atoms with Crippen molar-refractivity contribution in [2.75, 3.05) is 7.11 Å². The number of methoxy groups -OCH3 is 1. The molecule has 2 aromatic carbocycles. The van der Waals surface area contributed by atoms with Crippen molar-refractivity contribution < 1.29 is 14.9 Å². The van der Waals surface area contributed by atoms with Gasteiger partial charge in [0.2, 0.25) is 0 Å². The van der Waals surface area contributed by atoms with E-state index in [1.54, 1.807) is 37.4 Å². The first kappa shape index (κ1) is 12.0. The van der Waals surface area contributed by atoms with Crippen LogP contribution in [-0.4, -0.2) is 17.3 Å². The molecule has 0 atom stereocenters. The van der Waals surface area contributed by atoms with Crippen LogP contribution in [0.2, 0.25) is 0 Å². The normalized spacial score (nSPS) is 10.7. The van der Waals surface area contributed by atoms with Crippen LogP contribution < -0.4 is 4.74 Å². The van der Waals surface area contributed by atoms with Gasteiger partial charge in [0.15, 0.2) is 0 Å². The third-order valence-corrected chi connectivity index (χ3v) is 2.49. The van der Waals surface area contributed by atoms with Crippen molar-refractivity contribution in [2.24, 2.45) is 0 Å². The number of ether oxygens (including phenoxy) is 1. The third kappa shape index (κ3) is 3.04. The lowest BCUT2D eigenvalue weighted by Crippen LogP contribution is -1.83. The van der Waals surface area contributed by atoms with Crippen molar-refractivity contribution in [2.45, 2.75) is 0 Å². The van der Waals surface area contributed by atoms with Crippen LogP contribution in [0.15, 0.2) is 42.5 Å². The van der Waals surface area contributed by atoms with Gasteiger partial charge < -0.3 is 14.9 Å². The zero-order valence-corrected chi connectivity index (χ0v) is 10.00. The summed E-state index contributed by atoms with van der Waals surface area (Å²) in [6.45, 7) is 0. The Bertz CT molecular complexity index is 574. The number of phenols is 2. The van der Waals surface area contributed by atoms with E-state index in [9.17, 15) is 10.2 Å². The molecule has 2 aromatic rings. The van der Waals surface area contributed by atoms with E-state index in [0.29, 0.717) is 5.75 Å². The molecule has 0 aromatic heterocycles. The van der Waals surface area contributed by atoms with Crippen molar-refractivity contribution in [3.63, 3.8) is 0 Å². The topological polar surface area (TPSA) is 49.7 Å². The Morgan fingerprint density at radius 3 is 2.33 bits per heavy atom. The van der Waals surface area contributed by atoms with Gasteiger partial charge in [-0.3, -0.25) is 0 Å². The Hall–Kier alpha value is -2.42. The van der Waals surface area contributed by atoms with E-state index >= 15 is 0 Å². The Morgan fingerprint density at radius 1 is 0.889 bits per heavy atom. The number of rotatable bonds is 3. The zero-order chi connectivity index (χ0) is 13.0. The summed E-state index contributed by atoms with van der Waals surface area (Å²) in [5.41, 5.74) is 1.72. The second kappa shape index (κ2) is 5.27. The van der Waals surface area contributed by atoms with Crippen LogP contribution in [-0.2, 0) is 0 Å². The van der Waals surface area contributed by atoms with Gasteiger partial charge in [0, 0.05) is 6.07 Å².